The van der Waals surface area contributed by atoms with Gasteiger partial charge in [0, 0.05) is 6.07 Å². The topological polar surface area (TPSA) is 63.3 Å². The van der Waals surface area contributed by atoms with Gasteiger partial charge in [0.05, 0.1) is 17.7 Å². The van der Waals surface area contributed by atoms with Crippen molar-refractivity contribution in [3.05, 3.63) is 41.8 Å². The molecular weight excluding hydrogens is 232 g/mol. The third-order valence-electron chi connectivity index (χ3n) is 2.05. The van der Waals surface area contributed by atoms with Gasteiger partial charge in [-0.2, -0.15) is 0 Å². The lowest BCUT2D eigenvalue weighted by Crippen LogP contribution is -2.00. The first-order chi connectivity index (χ1) is 8.06. The molecule has 0 radical (unpaired) electrons. The van der Waals surface area contributed by atoms with E-state index in [4.69, 9.17) is 9.52 Å². The van der Waals surface area contributed by atoms with E-state index in [0.29, 0.717) is 6.07 Å². The molecule has 0 amide bonds. The Morgan fingerprint density at radius 3 is 2.82 bits per heavy atom. The molecule has 0 fully saturated rings. The molecule has 0 saturated carbocycles. The van der Waals surface area contributed by atoms with E-state index in [1.54, 1.807) is 0 Å². The highest BCUT2D eigenvalue weighted by Gasteiger charge is 2.13. The molecule has 1 aromatic carbocycles. The van der Waals surface area contributed by atoms with Crippen molar-refractivity contribution in [1.29, 1.82) is 0 Å². The molecule has 6 heteroatoms. The Kier molecular flexibility index (Phi) is 2.86. The molecule has 0 aliphatic heterocycles. The molecule has 2 aromatic rings. The number of benzene rings is 1. The molecule has 1 heterocycles. The zero-order chi connectivity index (χ0) is 12.4. The van der Waals surface area contributed by atoms with Gasteiger partial charge in [-0.3, -0.25) is 4.79 Å². The summed E-state index contributed by atoms with van der Waals surface area (Å²) in [6, 6.07) is 2.96. The first-order valence-electron chi connectivity index (χ1n) is 4.68. The molecule has 0 saturated heterocycles. The molecule has 0 aliphatic carbocycles. The van der Waals surface area contributed by atoms with Gasteiger partial charge in [-0.05, 0) is 12.1 Å². The normalized spacial score (nSPS) is 10.5. The second-order valence-electron chi connectivity index (χ2n) is 3.34. The Hall–Kier alpha value is -2.24. The van der Waals surface area contributed by atoms with Crippen molar-refractivity contribution in [2.24, 2.45) is 0 Å². The van der Waals surface area contributed by atoms with Gasteiger partial charge in [0.15, 0.2) is 0 Å². The summed E-state index contributed by atoms with van der Waals surface area (Å²) in [5, 5.41) is 8.53. The van der Waals surface area contributed by atoms with Gasteiger partial charge >= 0.3 is 5.97 Å². The van der Waals surface area contributed by atoms with Crippen LogP contribution in [0.2, 0.25) is 0 Å². The summed E-state index contributed by atoms with van der Waals surface area (Å²) in [5.74, 6) is -2.65. The Labute approximate surface area is 94.5 Å². The monoisotopic (exact) mass is 239 g/mol. The lowest BCUT2D eigenvalue weighted by Gasteiger charge is -1.97. The number of carboxylic acids is 1. The number of nitrogens with zero attached hydrogens (tertiary/aromatic N) is 1. The fraction of sp³-hybridized carbons (Fsp3) is 0.0909. The maximum atomic E-state index is 13.4. The van der Waals surface area contributed by atoms with Gasteiger partial charge in [0.1, 0.15) is 17.9 Å². The molecule has 2 rings (SSSR count). The highest BCUT2D eigenvalue weighted by atomic mass is 19.1. The zero-order valence-electron chi connectivity index (χ0n) is 8.48. The molecule has 17 heavy (non-hydrogen) atoms. The van der Waals surface area contributed by atoms with Gasteiger partial charge < -0.3 is 9.52 Å². The predicted octanol–water partition coefficient (Wildman–Crippen LogP) is 2.25. The lowest BCUT2D eigenvalue weighted by molar-refractivity contribution is -0.136. The standard InChI is InChI=1S/C11H7F2NO3/c12-6-1-2-8(9(13)3-6)11-14-7(5-17-11)4-10(15)16/h1-3,5H,4H2,(H,15,16). The van der Waals surface area contributed by atoms with Crippen LogP contribution in [0, 0.1) is 11.6 Å². The number of carboxylic acid groups (broad SMARTS) is 1. The number of aromatic nitrogens is 1. The van der Waals surface area contributed by atoms with Crippen LogP contribution in [0.15, 0.2) is 28.9 Å². The van der Waals surface area contributed by atoms with Gasteiger partial charge in [0.2, 0.25) is 5.89 Å². The van der Waals surface area contributed by atoms with E-state index in [-0.39, 0.29) is 23.6 Å². The fourth-order valence-corrected chi connectivity index (χ4v) is 1.33. The highest BCUT2D eigenvalue weighted by Crippen LogP contribution is 2.22. The summed E-state index contributed by atoms with van der Waals surface area (Å²) in [6.07, 6.45) is 0.818. The third kappa shape index (κ3) is 2.47. The van der Waals surface area contributed by atoms with Gasteiger partial charge in [-0.15, -0.1) is 0 Å². The average molecular weight is 239 g/mol. The van der Waals surface area contributed by atoms with E-state index in [1.165, 1.54) is 6.07 Å². The Morgan fingerprint density at radius 1 is 1.41 bits per heavy atom. The molecule has 88 valence electrons. The first kappa shape index (κ1) is 11.3. The summed E-state index contributed by atoms with van der Waals surface area (Å²) in [5.41, 5.74) is 0.166. The van der Waals surface area contributed by atoms with E-state index in [2.05, 4.69) is 4.98 Å². The van der Waals surface area contributed by atoms with Crippen LogP contribution in [-0.4, -0.2) is 16.1 Å². The summed E-state index contributed by atoms with van der Waals surface area (Å²) in [7, 11) is 0. The molecule has 0 bridgehead atoms. The number of rotatable bonds is 3. The van der Waals surface area contributed by atoms with Crippen molar-refractivity contribution in [2.45, 2.75) is 6.42 Å². The minimum absolute atomic E-state index is 0.0111. The first-order valence-corrected chi connectivity index (χ1v) is 4.68. The van der Waals surface area contributed by atoms with Crippen LogP contribution in [0.1, 0.15) is 5.69 Å². The molecule has 4 nitrogen and oxygen atoms in total. The SMILES string of the molecule is O=C(O)Cc1coc(-c2ccc(F)cc2F)n1. The summed E-state index contributed by atoms with van der Waals surface area (Å²) < 4.78 is 31.0. The highest BCUT2D eigenvalue weighted by molar-refractivity contribution is 5.69. The quantitative estimate of drug-likeness (QED) is 0.892. The molecule has 0 aliphatic rings. The van der Waals surface area contributed by atoms with Crippen LogP contribution in [-0.2, 0) is 11.2 Å². The smallest absolute Gasteiger partial charge is 0.309 e. The molecular formula is C11H7F2NO3. The Bertz CT molecular complexity index is 566. The van der Waals surface area contributed by atoms with E-state index >= 15 is 0 Å². The van der Waals surface area contributed by atoms with Crippen molar-refractivity contribution < 1.29 is 23.1 Å². The maximum absolute atomic E-state index is 13.4. The van der Waals surface area contributed by atoms with Crippen molar-refractivity contribution in [3.8, 4) is 11.5 Å². The second-order valence-corrected chi connectivity index (χ2v) is 3.34. The molecule has 0 spiro atoms. The van der Waals surface area contributed by atoms with Gasteiger partial charge in [-0.1, -0.05) is 0 Å². The number of hydrogen-bond acceptors (Lipinski definition) is 3. The van der Waals surface area contributed by atoms with E-state index in [1.807, 2.05) is 0 Å². The zero-order valence-corrected chi connectivity index (χ0v) is 8.48. The fourth-order valence-electron chi connectivity index (χ4n) is 1.33. The van der Waals surface area contributed by atoms with Crippen molar-refractivity contribution >= 4 is 5.97 Å². The molecule has 0 unspecified atom stereocenters. The van der Waals surface area contributed by atoms with Crippen LogP contribution in [0.4, 0.5) is 8.78 Å². The lowest BCUT2D eigenvalue weighted by atomic mass is 10.2. The second kappa shape index (κ2) is 4.32. The summed E-state index contributed by atoms with van der Waals surface area (Å²) >= 11 is 0. The van der Waals surface area contributed by atoms with Crippen molar-refractivity contribution in [1.82, 2.24) is 4.98 Å². The maximum Gasteiger partial charge on any atom is 0.309 e. The average Bonchev–Trinajstić information content (AvgIpc) is 2.65. The largest absolute Gasteiger partial charge is 0.481 e. The van der Waals surface area contributed by atoms with E-state index < -0.39 is 17.6 Å². The van der Waals surface area contributed by atoms with Crippen molar-refractivity contribution in [2.75, 3.05) is 0 Å². The van der Waals surface area contributed by atoms with Crippen molar-refractivity contribution in [3.63, 3.8) is 0 Å². The van der Waals surface area contributed by atoms with E-state index in [9.17, 15) is 13.6 Å². The van der Waals surface area contributed by atoms with Gasteiger partial charge in [0.25, 0.3) is 0 Å². The van der Waals surface area contributed by atoms with Crippen LogP contribution in [0.25, 0.3) is 11.5 Å². The molecule has 0 atom stereocenters. The number of halogens is 2. The number of hydrogen-bond donors (Lipinski definition) is 1. The van der Waals surface area contributed by atoms with Crippen LogP contribution < -0.4 is 0 Å². The third-order valence-corrected chi connectivity index (χ3v) is 2.05. The Balaban J connectivity index is 2.33. The van der Waals surface area contributed by atoms with Crippen LogP contribution in [0.5, 0.6) is 0 Å². The summed E-state index contributed by atoms with van der Waals surface area (Å²) in [6.45, 7) is 0. The predicted molar refractivity (Wildman–Crippen MR) is 53.2 cm³/mol. The Morgan fingerprint density at radius 2 is 2.18 bits per heavy atom. The minimum Gasteiger partial charge on any atom is -0.481 e. The number of oxazole rings is 1. The minimum atomic E-state index is -1.07. The van der Waals surface area contributed by atoms with Crippen LogP contribution >= 0.6 is 0 Å². The molecule has 1 N–H and O–H groups in total. The van der Waals surface area contributed by atoms with Crippen LogP contribution in [0.3, 0.4) is 0 Å². The molecule has 1 aromatic heterocycles. The number of carbonyl (C=O) groups is 1. The number of aliphatic carboxylic acids is 1. The van der Waals surface area contributed by atoms with Gasteiger partial charge in [-0.25, -0.2) is 13.8 Å². The van der Waals surface area contributed by atoms with E-state index in [0.717, 1.165) is 12.3 Å². The summed E-state index contributed by atoms with van der Waals surface area (Å²) in [4.78, 5) is 14.2.